The molecule has 1 aliphatic rings. The summed E-state index contributed by atoms with van der Waals surface area (Å²) in [4.78, 5) is 26.4. The molecule has 0 spiro atoms. The van der Waals surface area contributed by atoms with Gasteiger partial charge in [-0.3, -0.25) is 0 Å². The molecule has 1 aliphatic heterocycles. The normalized spacial score (nSPS) is 16.2. The Hall–Kier alpha value is -3.18. The molecule has 0 bridgehead atoms. The zero-order valence-electron chi connectivity index (χ0n) is 19.3. The van der Waals surface area contributed by atoms with Crippen LogP contribution < -0.4 is 10.2 Å². The van der Waals surface area contributed by atoms with Gasteiger partial charge in [-0.25, -0.2) is 9.59 Å². The molecule has 0 aliphatic carbocycles. The van der Waals surface area contributed by atoms with Gasteiger partial charge in [-0.2, -0.15) is 5.26 Å². The van der Waals surface area contributed by atoms with E-state index in [0.717, 1.165) is 18.4 Å². The summed E-state index contributed by atoms with van der Waals surface area (Å²) < 4.78 is 7.02. The predicted octanol–water partition coefficient (Wildman–Crippen LogP) is 4.56. The highest BCUT2D eigenvalue weighted by molar-refractivity contribution is 6.31. The van der Waals surface area contributed by atoms with Crippen LogP contribution in [0.25, 0.3) is 0 Å². The minimum Gasteiger partial charge on any atom is -0.477 e. The average Bonchev–Trinajstić information content (AvgIpc) is 2.99. The Bertz CT molecular complexity index is 1100. The smallest absolute Gasteiger partial charge is 0.407 e. The van der Waals surface area contributed by atoms with Gasteiger partial charge in [0.2, 0.25) is 0 Å². The number of nitriles is 1. The number of piperidine rings is 1. The number of carboxylic acids is 1. The van der Waals surface area contributed by atoms with Crippen molar-refractivity contribution >= 4 is 29.5 Å². The van der Waals surface area contributed by atoms with Crippen molar-refractivity contribution in [2.75, 3.05) is 18.0 Å². The standard InChI is InChI=1S/C24H29ClN4O4/c1-15-18(12-26)21(28-11-7-9-17(14-28)27-23(32)33-24(2,3)4)29(20(15)22(30)31)13-16-8-5-6-10-19(16)25/h5-6,8,10,17H,7,9,11,13-14H2,1-4H3,(H,27,32)(H,30,31)/t17-/m1/s1. The van der Waals surface area contributed by atoms with E-state index in [-0.39, 0.29) is 18.3 Å². The van der Waals surface area contributed by atoms with E-state index in [1.165, 1.54) is 0 Å². The maximum absolute atomic E-state index is 12.3. The van der Waals surface area contributed by atoms with Crippen LogP contribution in [0.3, 0.4) is 0 Å². The van der Waals surface area contributed by atoms with Crippen molar-refractivity contribution in [2.45, 2.75) is 58.7 Å². The van der Waals surface area contributed by atoms with Gasteiger partial charge in [-0.1, -0.05) is 29.8 Å². The molecule has 3 rings (SSSR count). The lowest BCUT2D eigenvalue weighted by molar-refractivity contribution is 0.0499. The number of aromatic nitrogens is 1. The zero-order chi connectivity index (χ0) is 24.3. The van der Waals surface area contributed by atoms with E-state index in [9.17, 15) is 20.0 Å². The number of carboxylic acid groups (broad SMARTS) is 1. The molecule has 176 valence electrons. The summed E-state index contributed by atoms with van der Waals surface area (Å²) in [6, 6.07) is 9.23. The van der Waals surface area contributed by atoms with Crippen molar-refractivity contribution < 1.29 is 19.4 Å². The Morgan fingerprint density at radius 2 is 2.03 bits per heavy atom. The van der Waals surface area contributed by atoms with Crippen molar-refractivity contribution in [3.63, 3.8) is 0 Å². The Morgan fingerprint density at radius 1 is 1.33 bits per heavy atom. The number of anilines is 1. The first-order valence-corrected chi connectivity index (χ1v) is 11.2. The van der Waals surface area contributed by atoms with Crippen LogP contribution in [0.1, 0.15) is 60.8 Å². The molecule has 8 nitrogen and oxygen atoms in total. The second-order valence-electron chi connectivity index (χ2n) is 9.20. The van der Waals surface area contributed by atoms with Crippen LogP contribution >= 0.6 is 11.6 Å². The number of aromatic carboxylic acids is 1. The van der Waals surface area contributed by atoms with E-state index in [0.29, 0.717) is 35.1 Å². The van der Waals surface area contributed by atoms with Crippen LogP contribution in [0.4, 0.5) is 10.6 Å². The largest absolute Gasteiger partial charge is 0.477 e. The fourth-order valence-electron chi connectivity index (χ4n) is 4.18. The molecule has 2 heterocycles. The van der Waals surface area contributed by atoms with Crippen molar-refractivity contribution in [3.05, 3.63) is 51.7 Å². The molecule has 0 radical (unpaired) electrons. The lowest BCUT2D eigenvalue weighted by Crippen LogP contribution is -2.49. The molecule has 1 aromatic carbocycles. The second kappa shape index (κ2) is 9.75. The molecule has 0 saturated carbocycles. The first-order chi connectivity index (χ1) is 15.5. The SMILES string of the molecule is Cc1c(C#N)c(N2CCC[C@@H](NC(=O)OC(C)(C)C)C2)n(Cc2ccccc2Cl)c1C(=O)O. The second-order valence-corrected chi connectivity index (χ2v) is 9.61. The number of hydrogen-bond acceptors (Lipinski definition) is 5. The lowest BCUT2D eigenvalue weighted by Gasteiger charge is -2.36. The molecule has 0 unspecified atom stereocenters. The molecule has 1 fully saturated rings. The van der Waals surface area contributed by atoms with Crippen LogP contribution in [-0.4, -0.2) is 46.5 Å². The zero-order valence-corrected chi connectivity index (χ0v) is 20.1. The number of ether oxygens (including phenoxy) is 1. The number of halogens is 1. The maximum Gasteiger partial charge on any atom is 0.407 e. The van der Waals surface area contributed by atoms with Crippen molar-refractivity contribution in [2.24, 2.45) is 0 Å². The van der Waals surface area contributed by atoms with Gasteiger partial charge in [-0.15, -0.1) is 0 Å². The van der Waals surface area contributed by atoms with Gasteiger partial charge in [0.05, 0.1) is 12.1 Å². The van der Waals surface area contributed by atoms with E-state index in [1.807, 2.05) is 23.1 Å². The molecule has 2 aromatic rings. The Kier molecular flexibility index (Phi) is 7.23. The van der Waals surface area contributed by atoms with Crippen LogP contribution in [0.5, 0.6) is 0 Å². The third kappa shape index (κ3) is 5.60. The summed E-state index contributed by atoms with van der Waals surface area (Å²) in [5.41, 5.74) is 0.932. The topological polar surface area (TPSA) is 108 Å². The molecule has 2 N–H and O–H groups in total. The number of carbonyl (C=O) groups excluding carboxylic acids is 1. The van der Waals surface area contributed by atoms with Gasteiger partial charge >= 0.3 is 12.1 Å². The molecular weight excluding hydrogens is 444 g/mol. The highest BCUT2D eigenvalue weighted by Gasteiger charge is 2.32. The maximum atomic E-state index is 12.3. The quantitative estimate of drug-likeness (QED) is 0.660. The lowest BCUT2D eigenvalue weighted by atomic mass is 10.0. The van der Waals surface area contributed by atoms with Gasteiger partial charge < -0.3 is 24.6 Å². The van der Waals surface area contributed by atoms with Crippen molar-refractivity contribution in [1.82, 2.24) is 9.88 Å². The summed E-state index contributed by atoms with van der Waals surface area (Å²) in [5.74, 6) is -0.578. The summed E-state index contributed by atoms with van der Waals surface area (Å²) in [6.45, 7) is 8.32. The number of nitrogens with zero attached hydrogens (tertiary/aromatic N) is 3. The van der Waals surface area contributed by atoms with Gasteiger partial charge in [0, 0.05) is 29.7 Å². The molecule has 33 heavy (non-hydrogen) atoms. The minimum absolute atomic E-state index is 0.0590. The number of amides is 1. The van der Waals surface area contributed by atoms with Crippen LogP contribution in [0.2, 0.25) is 5.02 Å². The van der Waals surface area contributed by atoms with E-state index in [2.05, 4.69) is 11.4 Å². The van der Waals surface area contributed by atoms with Crippen molar-refractivity contribution in [1.29, 1.82) is 5.26 Å². The van der Waals surface area contributed by atoms with Crippen LogP contribution in [-0.2, 0) is 11.3 Å². The first kappa shape index (κ1) is 24.5. The Morgan fingerprint density at radius 3 is 2.64 bits per heavy atom. The third-order valence-electron chi connectivity index (χ3n) is 5.52. The van der Waals surface area contributed by atoms with Gasteiger partial charge in [0.15, 0.2) is 0 Å². The fraction of sp³-hybridized carbons (Fsp3) is 0.458. The average molecular weight is 473 g/mol. The summed E-state index contributed by atoms with van der Waals surface area (Å²) in [7, 11) is 0. The van der Waals surface area contributed by atoms with Gasteiger partial charge in [-0.05, 0) is 52.2 Å². The fourth-order valence-corrected chi connectivity index (χ4v) is 4.38. The summed E-state index contributed by atoms with van der Waals surface area (Å²) >= 11 is 6.36. The highest BCUT2D eigenvalue weighted by Crippen LogP contribution is 2.33. The Balaban J connectivity index is 1.98. The molecule has 1 saturated heterocycles. The number of carbonyl (C=O) groups is 2. The van der Waals surface area contributed by atoms with Crippen LogP contribution in [0, 0.1) is 18.3 Å². The van der Waals surface area contributed by atoms with E-state index < -0.39 is 17.7 Å². The molecule has 1 aromatic heterocycles. The third-order valence-corrected chi connectivity index (χ3v) is 5.89. The van der Waals surface area contributed by atoms with Gasteiger partial charge in [0.1, 0.15) is 23.2 Å². The number of alkyl carbamates (subject to hydrolysis) is 1. The summed E-state index contributed by atoms with van der Waals surface area (Å²) in [5, 5.41) is 23.3. The molecule has 1 amide bonds. The molecule has 1 atom stereocenters. The predicted molar refractivity (Wildman–Crippen MR) is 126 cm³/mol. The molecule has 9 heteroatoms. The van der Waals surface area contributed by atoms with Crippen LogP contribution in [0.15, 0.2) is 24.3 Å². The number of rotatable bonds is 5. The minimum atomic E-state index is -1.11. The first-order valence-electron chi connectivity index (χ1n) is 10.9. The Labute approximate surface area is 198 Å². The van der Waals surface area contributed by atoms with Crippen molar-refractivity contribution in [3.8, 4) is 6.07 Å². The summed E-state index contributed by atoms with van der Waals surface area (Å²) in [6.07, 6.45) is 1.03. The molecular formula is C24H29ClN4O4. The van der Waals surface area contributed by atoms with E-state index in [1.54, 1.807) is 38.3 Å². The highest BCUT2D eigenvalue weighted by atomic mass is 35.5. The monoisotopic (exact) mass is 472 g/mol. The van der Waals surface area contributed by atoms with Gasteiger partial charge in [0.25, 0.3) is 0 Å². The number of nitrogens with one attached hydrogen (secondary N) is 1. The van der Waals surface area contributed by atoms with E-state index >= 15 is 0 Å². The number of benzene rings is 1. The van der Waals surface area contributed by atoms with E-state index in [4.69, 9.17) is 16.3 Å². The number of hydrogen-bond donors (Lipinski definition) is 2.